The Hall–Kier alpha value is -2.93. The smallest absolute Gasteiger partial charge is 0.323 e. The van der Waals surface area contributed by atoms with Crippen LogP contribution in [-0.4, -0.2) is 50.9 Å². The molecule has 0 radical (unpaired) electrons. The first-order valence-electron chi connectivity index (χ1n) is 12.4. The maximum absolute atomic E-state index is 13.1. The van der Waals surface area contributed by atoms with Crippen molar-refractivity contribution >= 4 is 59.0 Å². The lowest BCUT2D eigenvalue weighted by Gasteiger charge is -2.37. The molecule has 200 valence electrons. The van der Waals surface area contributed by atoms with E-state index in [9.17, 15) is 4.79 Å². The lowest BCUT2D eigenvalue weighted by molar-refractivity contribution is 0.253. The van der Waals surface area contributed by atoms with Gasteiger partial charge in [-0.3, -0.25) is 0 Å². The summed E-state index contributed by atoms with van der Waals surface area (Å²) in [6, 6.07) is 1.18. The number of carbonyl (C=O) groups excluding carboxylic acids is 1. The Kier molecular flexibility index (Phi) is 6.79. The topological polar surface area (TPSA) is 120 Å². The molecule has 0 spiro atoms. The van der Waals surface area contributed by atoms with Gasteiger partial charge in [-0.05, 0) is 44.0 Å². The van der Waals surface area contributed by atoms with Crippen LogP contribution in [0.1, 0.15) is 44.2 Å². The lowest BCUT2D eigenvalue weighted by atomic mass is 9.95. The highest BCUT2D eigenvalue weighted by Crippen LogP contribution is 2.54. The second-order valence-corrected chi connectivity index (χ2v) is 17.6. The van der Waals surface area contributed by atoms with Gasteiger partial charge in [-0.2, -0.15) is 10.2 Å². The minimum Gasteiger partial charge on any atom is -0.416 e. The number of aryl methyl sites for hydroxylation is 1. The van der Waals surface area contributed by atoms with Crippen LogP contribution in [-0.2, 0) is 9.84 Å². The van der Waals surface area contributed by atoms with Crippen LogP contribution in [0.4, 0.5) is 16.2 Å². The van der Waals surface area contributed by atoms with E-state index in [1.54, 1.807) is 23.6 Å². The molecule has 5 rings (SSSR count). The number of urea groups is 1. The van der Waals surface area contributed by atoms with Gasteiger partial charge in [-0.15, -0.1) is 4.80 Å². The number of anilines is 2. The van der Waals surface area contributed by atoms with Crippen LogP contribution in [0.2, 0.25) is 23.2 Å². The van der Waals surface area contributed by atoms with Gasteiger partial charge in [0.1, 0.15) is 10.3 Å². The molecule has 2 N–H and O–H groups in total. The van der Waals surface area contributed by atoms with Gasteiger partial charge >= 0.3 is 6.03 Å². The minimum absolute atomic E-state index is 0.104. The third-order valence-corrected chi connectivity index (χ3v) is 13.0. The predicted octanol–water partition coefficient (Wildman–Crippen LogP) is 6.33. The van der Waals surface area contributed by atoms with Gasteiger partial charge < -0.3 is 15.1 Å². The number of carbonyl (C=O) groups is 1. The zero-order valence-corrected chi connectivity index (χ0v) is 24.9. The van der Waals surface area contributed by atoms with Crippen LogP contribution < -0.4 is 10.6 Å². The number of hydrogen-bond acceptors (Lipinski definition) is 8. The molecule has 0 aromatic carbocycles. The summed E-state index contributed by atoms with van der Waals surface area (Å²) < 4.78 is 6.67. The number of rotatable bonds is 7. The van der Waals surface area contributed by atoms with E-state index in [0.29, 0.717) is 28.8 Å². The van der Waals surface area contributed by atoms with Crippen molar-refractivity contribution in [1.82, 2.24) is 29.9 Å². The van der Waals surface area contributed by atoms with Crippen LogP contribution in [0, 0.1) is 6.92 Å². The normalized spacial score (nSPS) is 15.0. The molecule has 10 nitrogen and oxygen atoms in total. The first-order valence-corrected chi connectivity index (χ1v) is 16.5. The second-order valence-electron chi connectivity index (χ2n) is 11.2. The number of hydrogen-bond donors (Lipinski definition) is 2. The van der Waals surface area contributed by atoms with Gasteiger partial charge in [-0.25, -0.2) is 19.7 Å². The highest BCUT2D eigenvalue weighted by molar-refractivity contribution is 7.18. The number of aromatic nitrogens is 6. The van der Waals surface area contributed by atoms with Gasteiger partial charge in [0.2, 0.25) is 0 Å². The Morgan fingerprint density at radius 1 is 1.18 bits per heavy atom. The van der Waals surface area contributed by atoms with Crippen molar-refractivity contribution in [2.75, 3.05) is 17.2 Å². The molecule has 0 saturated heterocycles. The molecular weight excluding hydrogens is 540 g/mol. The van der Waals surface area contributed by atoms with Crippen molar-refractivity contribution in [3.05, 3.63) is 46.4 Å². The summed E-state index contributed by atoms with van der Waals surface area (Å²) in [6.07, 6.45) is 8.23. The summed E-state index contributed by atoms with van der Waals surface area (Å²) in [7, 11) is -1.96. The molecule has 4 aromatic heterocycles. The third kappa shape index (κ3) is 5.17. The summed E-state index contributed by atoms with van der Waals surface area (Å²) in [5.74, 6) is 0.371. The molecule has 0 unspecified atom stereocenters. The first-order chi connectivity index (χ1) is 17.9. The minimum atomic E-state index is -1.96. The Morgan fingerprint density at radius 3 is 2.53 bits per heavy atom. The lowest BCUT2D eigenvalue weighted by Crippen LogP contribution is -2.42. The van der Waals surface area contributed by atoms with E-state index in [2.05, 4.69) is 64.7 Å². The zero-order valence-electron chi connectivity index (χ0n) is 22.3. The molecular formula is C25H31ClN8O2SSi. The molecule has 2 amide bonds. The van der Waals surface area contributed by atoms with Crippen molar-refractivity contribution in [1.29, 1.82) is 0 Å². The van der Waals surface area contributed by atoms with Crippen LogP contribution >= 0.6 is 22.9 Å². The Labute approximate surface area is 231 Å². The fourth-order valence-electron chi connectivity index (χ4n) is 4.02. The molecule has 0 aliphatic heterocycles. The van der Waals surface area contributed by atoms with E-state index in [-0.39, 0.29) is 10.5 Å². The van der Waals surface area contributed by atoms with Crippen molar-refractivity contribution in [3.8, 4) is 5.82 Å². The van der Waals surface area contributed by atoms with E-state index in [4.69, 9.17) is 21.0 Å². The van der Waals surface area contributed by atoms with Gasteiger partial charge in [0.25, 0.3) is 0 Å². The molecule has 1 fully saturated rings. The van der Waals surface area contributed by atoms with Gasteiger partial charge in [0.05, 0.1) is 46.2 Å². The van der Waals surface area contributed by atoms with Crippen molar-refractivity contribution in [3.63, 3.8) is 0 Å². The number of nitrogens with zero attached hydrogens (tertiary/aromatic N) is 6. The summed E-state index contributed by atoms with van der Waals surface area (Å²) in [5, 5.41) is 15.2. The van der Waals surface area contributed by atoms with E-state index in [1.807, 2.05) is 6.92 Å². The molecule has 13 heteroatoms. The quantitative estimate of drug-likeness (QED) is 0.249. The number of nitrogens with one attached hydrogen (secondary N) is 2. The molecule has 38 heavy (non-hydrogen) atoms. The van der Waals surface area contributed by atoms with E-state index in [1.165, 1.54) is 23.4 Å². The molecule has 1 saturated carbocycles. The van der Waals surface area contributed by atoms with Crippen molar-refractivity contribution < 1.29 is 9.22 Å². The molecule has 4 heterocycles. The van der Waals surface area contributed by atoms with Gasteiger partial charge in [0.15, 0.2) is 14.1 Å². The SMILES string of the molecule is Cc1nc2c(C3(CO[Si](C)(C)C(C)(C)C)CC3)c(NC(=O)Nc3cnc(-n4nccn4)c(Cl)c3)cnc2s1. The summed E-state index contributed by atoms with van der Waals surface area (Å²) in [4.78, 5) is 29.0. The van der Waals surface area contributed by atoms with Crippen LogP contribution in [0.15, 0.2) is 30.9 Å². The molecule has 1 aliphatic rings. The van der Waals surface area contributed by atoms with Gasteiger partial charge in [-0.1, -0.05) is 43.7 Å². The van der Waals surface area contributed by atoms with Crippen molar-refractivity contribution in [2.24, 2.45) is 0 Å². The molecule has 1 aliphatic carbocycles. The zero-order chi connectivity index (χ0) is 27.3. The monoisotopic (exact) mass is 570 g/mol. The fraction of sp³-hybridized carbons (Fsp3) is 0.440. The third-order valence-electron chi connectivity index (χ3n) is 7.37. The maximum Gasteiger partial charge on any atom is 0.323 e. The number of fused-ring (bicyclic) bond motifs is 1. The van der Waals surface area contributed by atoms with Crippen LogP contribution in [0.3, 0.4) is 0 Å². The highest BCUT2D eigenvalue weighted by Gasteiger charge is 2.50. The number of amides is 2. The van der Waals surface area contributed by atoms with Crippen molar-refractivity contribution in [2.45, 2.75) is 64.1 Å². The molecule has 0 atom stereocenters. The molecule has 0 bridgehead atoms. The largest absolute Gasteiger partial charge is 0.416 e. The molecule has 4 aromatic rings. The summed E-state index contributed by atoms with van der Waals surface area (Å²) >= 11 is 7.92. The van der Waals surface area contributed by atoms with E-state index >= 15 is 0 Å². The standard InChI is InChI=1S/C25H31ClN8O2SSi/c1-15-31-20-19(25(7-8-25)14-36-38(5,6)24(2,3)4)18(13-28-22(20)37-15)33-23(35)32-16-11-17(26)21(27-12-16)34-29-9-10-30-34/h9-13H,7-8,14H2,1-6H3,(H2,32,33,35). The van der Waals surface area contributed by atoms with Crippen LogP contribution in [0.5, 0.6) is 0 Å². The fourth-order valence-corrected chi connectivity index (χ4v) is 6.10. The van der Waals surface area contributed by atoms with Crippen LogP contribution in [0.25, 0.3) is 16.2 Å². The maximum atomic E-state index is 13.1. The van der Waals surface area contributed by atoms with E-state index in [0.717, 1.165) is 33.8 Å². The summed E-state index contributed by atoms with van der Waals surface area (Å²) in [6.45, 7) is 13.8. The average Bonchev–Trinajstić information content (AvgIpc) is 3.21. The van der Waals surface area contributed by atoms with E-state index < -0.39 is 14.3 Å². The average molecular weight is 571 g/mol. The van der Waals surface area contributed by atoms with Gasteiger partial charge in [0, 0.05) is 17.6 Å². The number of thiazole rings is 1. The Morgan fingerprint density at radius 2 is 1.89 bits per heavy atom. The second kappa shape index (κ2) is 9.67. The first kappa shape index (κ1) is 26.7. The Balaban J connectivity index is 1.41. The Bertz CT molecular complexity index is 1500. The number of halogens is 1. The predicted molar refractivity (Wildman–Crippen MR) is 153 cm³/mol. The highest BCUT2D eigenvalue weighted by atomic mass is 35.5. The number of pyridine rings is 2. The summed E-state index contributed by atoms with van der Waals surface area (Å²) in [5.41, 5.74) is 2.70.